The molecule has 25 heavy (non-hydrogen) atoms. The van der Waals surface area contributed by atoms with E-state index in [4.69, 9.17) is 15.0 Å². The third-order valence-electron chi connectivity index (χ3n) is 4.09. The zero-order chi connectivity index (χ0) is 16.8. The lowest BCUT2D eigenvalue weighted by Gasteiger charge is -2.00. The highest BCUT2D eigenvalue weighted by atomic mass is 32.1. The standard InChI is InChI=1S/C19H13N5S/c1-12-17-18(21-15-10-6-5-9-14(15)20-17)24(23-12)19-22-16(11-25-19)13-7-3-2-4-8-13/h2-11H,1H3. The van der Waals surface area contributed by atoms with Gasteiger partial charge in [-0.25, -0.2) is 15.0 Å². The fraction of sp³-hybridized carbons (Fsp3) is 0.0526. The molecule has 5 nitrogen and oxygen atoms in total. The van der Waals surface area contributed by atoms with E-state index in [0.29, 0.717) is 0 Å². The Morgan fingerprint density at radius 3 is 2.36 bits per heavy atom. The predicted molar refractivity (Wildman–Crippen MR) is 100 cm³/mol. The Labute approximate surface area is 147 Å². The SMILES string of the molecule is Cc1nn(-c2nc(-c3ccccc3)cs2)c2nc3ccccc3nc12. The molecule has 0 amide bonds. The summed E-state index contributed by atoms with van der Waals surface area (Å²) in [5.41, 5.74) is 6.17. The lowest BCUT2D eigenvalue weighted by molar-refractivity contribution is 0.870. The van der Waals surface area contributed by atoms with Crippen molar-refractivity contribution in [2.75, 3.05) is 0 Å². The third kappa shape index (κ3) is 2.30. The first kappa shape index (κ1) is 14.2. The van der Waals surface area contributed by atoms with Gasteiger partial charge >= 0.3 is 0 Å². The molecule has 0 bridgehead atoms. The van der Waals surface area contributed by atoms with Gasteiger partial charge in [-0.15, -0.1) is 11.3 Å². The minimum absolute atomic E-state index is 0.741. The van der Waals surface area contributed by atoms with Crippen molar-refractivity contribution in [1.29, 1.82) is 0 Å². The van der Waals surface area contributed by atoms with Gasteiger partial charge in [-0.3, -0.25) is 0 Å². The topological polar surface area (TPSA) is 56.5 Å². The third-order valence-corrected chi connectivity index (χ3v) is 4.90. The van der Waals surface area contributed by atoms with Gasteiger partial charge in [0.25, 0.3) is 0 Å². The summed E-state index contributed by atoms with van der Waals surface area (Å²) in [5.74, 6) is 0. The maximum atomic E-state index is 4.76. The Morgan fingerprint density at radius 1 is 0.840 bits per heavy atom. The molecule has 0 atom stereocenters. The summed E-state index contributed by atoms with van der Waals surface area (Å²) in [4.78, 5) is 14.2. The maximum absolute atomic E-state index is 4.76. The molecule has 0 saturated heterocycles. The predicted octanol–water partition coefficient (Wildman–Crippen LogP) is 4.40. The van der Waals surface area contributed by atoms with Crippen LogP contribution in [0.25, 0.3) is 38.6 Å². The van der Waals surface area contributed by atoms with E-state index >= 15 is 0 Å². The van der Waals surface area contributed by atoms with E-state index in [1.807, 2.05) is 54.8 Å². The van der Waals surface area contributed by atoms with Crippen LogP contribution >= 0.6 is 11.3 Å². The van der Waals surface area contributed by atoms with E-state index in [-0.39, 0.29) is 0 Å². The smallest absolute Gasteiger partial charge is 0.212 e. The highest BCUT2D eigenvalue weighted by Crippen LogP contribution is 2.27. The number of fused-ring (bicyclic) bond motifs is 2. The Kier molecular flexibility index (Phi) is 3.11. The van der Waals surface area contributed by atoms with Crippen molar-refractivity contribution >= 4 is 33.5 Å². The van der Waals surface area contributed by atoms with Gasteiger partial charge in [-0.1, -0.05) is 42.5 Å². The van der Waals surface area contributed by atoms with Crippen molar-refractivity contribution in [3.63, 3.8) is 0 Å². The number of nitrogens with zero attached hydrogens (tertiary/aromatic N) is 5. The maximum Gasteiger partial charge on any atom is 0.212 e. The fourth-order valence-corrected chi connectivity index (χ4v) is 3.65. The molecule has 0 unspecified atom stereocenters. The molecule has 0 aliphatic rings. The highest BCUT2D eigenvalue weighted by molar-refractivity contribution is 7.12. The number of rotatable bonds is 2. The Morgan fingerprint density at radius 2 is 1.56 bits per heavy atom. The molecule has 3 heterocycles. The fourth-order valence-electron chi connectivity index (χ4n) is 2.86. The Balaban J connectivity index is 1.71. The van der Waals surface area contributed by atoms with Crippen molar-refractivity contribution in [2.24, 2.45) is 0 Å². The summed E-state index contributed by atoms with van der Waals surface area (Å²) >= 11 is 1.55. The number of hydrogen-bond donors (Lipinski definition) is 0. The van der Waals surface area contributed by atoms with E-state index in [1.165, 1.54) is 0 Å². The summed E-state index contributed by atoms with van der Waals surface area (Å²) in [7, 11) is 0. The minimum atomic E-state index is 0.741. The van der Waals surface area contributed by atoms with Crippen molar-refractivity contribution in [3.8, 4) is 16.4 Å². The molecule has 0 spiro atoms. The van der Waals surface area contributed by atoms with Crippen molar-refractivity contribution in [2.45, 2.75) is 6.92 Å². The van der Waals surface area contributed by atoms with Crippen LogP contribution in [0.5, 0.6) is 0 Å². The Hall–Kier alpha value is -3.12. The molecule has 0 radical (unpaired) electrons. The second-order valence-corrected chi connectivity index (χ2v) is 6.60. The summed E-state index contributed by atoms with van der Waals surface area (Å²) in [5, 5.41) is 7.47. The van der Waals surface area contributed by atoms with E-state index in [0.717, 1.165) is 44.3 Å². The van der Waals surface area contributed by atoms with Gasteiger partial charge in [0, 0.05) is 10.9 Å². The molecule has 3 aromatic heterocycles. The number of aromatic nitrogens is 5. The van der Waals surface area contributed by atoms with Crippen molar-refractivity contribution in [3.05, 3.63) is 65.7 Å². The van der Waals surface area contributed by atoms with Crippen LogP contribution in [0.2, 0.25) is 0 Å². The van der Waals surface area contributed by atoms with Crippen molar-refractivity contribution in [1.82, 2.24) is 24.7 Å². The number of thiazole rings is 1. The van der Waals surface area contributed by atoms with Crippen LogP contribution in [0.4, 0.5) is 0 Å². The molecule has 2 aromatic carbocycles. The van der Waals surface area contributed by atoms with E-state index < -0.39 is 0 Å². The molecule has 5 aromatic rings. The number of aryl methyl sites for hydroxylation is 1. The summed E-state index contributed by atoms with van der Waals surface area (Å²) in [6, 6.07) is 18.0. The van der Waals surface area contributed by atoms with E-state index in [1.54, 1.807) is 16.0 Å². The molecule has 0 N–H and O–H groups in total. The Bertz CT molecular complexity index is 1210. The van der Waals surface area contributed by atoms with Gasteiger partial charge in [0.15, 0.2) is 5.65 Å². The molecular weight excluding hydrogens is 330 g/mol. The number of hydrogen-bond acceptors (Lipinski definition) is 5. The quantitative estimate of drug-likeness (QED) is 0.477. The molecule has 6 heteroatoms. The van der Waals surface area contributed by atoms with Crippen LogP contribution in [-0.2, 0) is 0 Å². The lowest BCUT2D eigenvalue weighted by atomic mass is 10.2. The first-order chi connectivity index (χ1) is 12.3. The van der Waals surface area contributed by atoms with Gasteiger partial charge in [-0.2, -0.15) is 9.78 Å². The van der Waals surface area contributed by atoms with Gasteiger partial charge in [0.05, 0.1) is 22.4 Å². The average molecular weight is 343 g/mol. The second-order valence-electron chi connectivity index (χ2n) is 5.76. The largest absolute Gasteiger partial charge is 0.241 e. The van der Waals surface area contributed by atoms with Crippen molar-refractivity contribution < 1.29 is 0 Å². The molecule has 0 saturated carbocycles. The average Bonchev–Trinajstić information content (AvgIpc) is 3.26. The molecule has 0 aliphatic carbocycles. The number of benzene rings is 2. The van der Waals surface area contributed by atoms with Gasteiger partial charge < -0.3 is 0 Å². The van der Waals surface area contributed by atoms with Crippen LogP contribution in [0.15, 0.2) is 60.0 Å². The van der Waals surface area contributed by atoms with Crippen LogP contribution in [-0.4, -0.2) is 24.7 Å². The summed E-state index contributed by atoms with van der Waals surface area (Å²) in [6.45, 7) is 1.95. The van der Waals surface area contributed by atoms with Crippen LogP contribution in [0.1, 0.15) is 5.69 Å². The zero-order valence-corrected chi connectivity index (χ0v) is 14.2. The van der Waals surface area contributed by atoms with Crippen LogP contribution in [0.3, 0.4) is 0 Å². The normalized spacial score (nSPS) is 11.4. The van der Waals surface area contributed by atoms with Gasteiger partial charge in [-0.05, 0) is 19.1 Å². The molecular formula is C19H13N5S. The highest BCUT2D eigenvalue weighted by Gasteiger charge is 2.16. The zero-order valence-electron chi connectivity index (χ0n) is 13.4. The van der Waals surface area contributed by atoms with E-state index in [9.17, 15) is 0 Å². The van der Waals surface area contributed by atoms with Crippen LogP contribution < -0.4 is 0 Å². The minimum Gasteiger partial charge on any atom is -0.241 e. The lowest BCUT2D eigenvalue weighted by Crippen LogP contribution is -1.98. The second kappa shape index (κ2) is 5.46. The number of para-hydroxylation sites is 2. The first-order valence-corrected chi connectivity index (χ1v) is 8.81. The molecule has 120 valence electrons. The van der Waals surface area contributed by atoms with Gasteiger partial charge in [0.2, 0.25) is 5.13 Å². The summed E-state index contributed by atoms with van der Waals surface area (Å²) < 4.78 is 1.79. The van der Waals surface area contributed by atoms with E-state index in [2.05, 4.69) is 17.2 Å². The molecule has 0 fully saturated rings. The molecule has 5 rings (SSSR count). The monoisotopic (exact) mass is 343 g/mol. The summed E-state index contributed by atoms with van der Waals surface area (Å²) in [6.07, 6.45) is 0. The van der Waals surface area contributed by atoms with Crippen LogP contribution in [0, 0.1) is 6.92 Å². The van der Waals surface area contributed by atoms with Gasteiger partial charge in [0.1, 0.15) is 5.52 Å². The first-order valence-electron chi connectivity index (χ1n) is 7.93. The molecule has 0 aliphatic heterocycles.